The summed E-state index contributed by atoms with van der Waals surface area (Å²) >= 11 is 1.04. The number of imidazole rings is 1. The van der Waals surface area contributed by atoms with E-state index in [1.807, 2.05) is 6.20 Å². The highest BCUT2D eigenvalue weighted by atomic mass is 32.2. The van der Waals surface area contributed by atoms with Gasteiger partial charge in [-0.25, -0.2) is 13.4 Å². The number of sulfonamides is 1. The monoisotopic (exact) mass is 419 g/mol. The number of fused-ring (bicyclic) bond motifs is 1. The standard InChI is InChI=1S/C19H25N5O2S2/c1-13(2)24-14(3)11-20-18(24)10-15-6-5-9-23(12-15)28(25,26)17-8-4-7-16-19(17)22-27-21-16/h4,7-8,11,13,15H,5-6,9-10,12H2,1-3H3/t15-/m1/s1. The zero-order valence-corrected chi connectivity index (χ0v) is 18.0. The minimum Gasteiger partial charge on any atom is -0.330 e. The van der Waals surface area contributed by atoms with Gasteiger partial charge in [-0.05, 0) is 51.7 Å². The molecule has 9 heteroatoms. The largest absolute Gasteiger partial charge is 0.330 e. The van der Waals surface area contributed by atoms with Crippen LogP contribution in [0.25, 0.3) is 11.0 Å². The highest BCUT2D eigenvalue weighted by Gasteiger charge is 2.32. The maximum atomic E-state index is 13.3. The van der Waals surface area contributed by atoms with E-state index in [0.717, 1.165) is 42.5 Å². The molecule has 1 aromatic carbocycles. The lowest BCUT2D eigenvalue weighted by Crippen LogP contribution is -2.40. The molecule has 3 aromatic rings. The van der Waals surface area contributed by atoms with Crippen molar-refractivity contribution >= 4 is 32.8 Å². The van der Waals surface area contributed by atoms with Crippen LogP contribution in [0.3, 0.4) is 0 Å². The van der Waals surface area contributed by atoms with Crippen LogP contribution in [0.4, 0.5) is 0 Å². The normalized spacial score (nSPS) is 18.9. The number of benzene rings is 1. The summed E-state index contributed by atoms with van der Waals surface area (Å²) in [4.78, 5) is 4.85. The minimum atomic E-state index is -3.59. The maximum absolute atomic E-state index is 13.3. The molecule has 7 nitrogen and oxygen atoms in total. The lowest BCUT2D eigenvalue weighted by molar-refractivity contribution is 0.260. The van der Waals surface area contributed by atoms with Crippen molar-refractivity contribution in [3.05, 3.63) is 35.9 Å². The SMILES string of the molecule is Cc1cnc(C[C@H]2CCCN(S(=O)(=O)c3cccc4nsnc34)C2)n1C(C)C. The lowest BCUT2D eigenvalue weighted by atomic mass is 9.96. The molecule has 0 aliphatic carbocycles. The first kappa shape index (κ1) is 19.5. The summed E-state index contributed by atoms with van der Waals surface area (Å²) in [7, 11) is -3.59. The van der Waals surface area contributed by atoms with Crippen molar-refractivity contribution in [3.63, 3.8) is 0 Å². The van der Waals surface area contributed by atoms with Gasteiger partial charge >= 0.3 is 0 Å². The smallest absolute Gasteiger partial charge is 0.245 e. The van der Waals surface area contributed by atoms with E-state index in [4.69, 9.17) is 0 Å². The Hall–Kier alpha value is -1.84. The van der Waals surface area contributed by atoms with Gasteiger partial charge in [-0.15, -0.1) is 0 Å². The van der Waals surface area contributed by atoms with Crippen LogP contribution in [0.15, 0.2) is 29.3 Å². The van der Waals surface area contributed by atoms with Gasteiger partial charge in [0, 0.05) is 37.4 Å². The van der Waals surface area contributed by atoms with Crippen molar-refractivity contribution in [2.24, 2.45) is 5.92 Å². The van der Waals surface area contributed by atoms with Gasteiger partial charge in [-0.2, -0.15) is 13.1 Å². The number of aromatic nitrogens is 4. The first-order valence-corrected chi connectivity index (χ1v) is 11.8. The zero-order chi connectivity index (χ0) is 19.9. The summed E-state index contributed by atoms with van der Waals surface area (Å²) in [6.45, 7) is 7.43. The van der Waals surface area contributed by atoms with Crippen molar-refractivity contribution in [3.8, 4) is 0 Å². The molecule has 1 aliphatic heterocycles. The number of aryl methyl sites for hydroxylation is 1. The molecule has 2 aromatic heterocycles. The number of rotatable bonds is 5. The topological polar surface area (TPSA) is 81.0 Å². The fourth-order valence-corrected chi connectivity index (χ4v) is 6.46. The highest BCUT2D eigenvalue weighted by Crippen LogP contribution is 2.29. The Balaban J connectivity index is 1.58. The van der Waals surface area contributed by atoms with E-state index in [0.29, 0.717) is 30.2 Å². The molecule has 4 rings (SSSR count). The summed E-state index contributed by atoms with van der Waals surface area (Å²) in [5.41, 5.74) is 2.25. The first-order chi connectivity index (χ1) is 13.4. The second kappa shape index (κ2) is 7.53. The van der Waals surface area contributed by atoms with Crippen molar-refractivity contribution in [1.29, 1.82) is 0 Å². The van der Waals surface area contributed by atoms with Gasteiger partial charge in [0.25, 0.3) is 0 Å². The van der Waals surface area contributed by atoms with E-state index in [1.165, 1.54) is 0 Å². The molecule has 3 heterocycles. The summed E-state index contributed by atoms with van der Waals surface area (Å²) < 4.78 is 38.9. The predicted octanol–water partition coefficient (Wildman–Crippen LogP) is 3.42. The van der Waals surface area contributed by atoms with Crippen molar-refractivity contribution in [2.45, 2.75) is 51.0 Å². The Morgan fingerprint density at radius 3 is 2.89 bits per heavy atom. The van der Waals surface area contributed by atoms with Crippen LogP contribution >= 0.6 is 11.7 Å². The van der Waals surface area contributed by atoms with Crippen LogP contribution in [-0.4, -0.2) is 44.1 Å². The van der Waals surface area contributed by atoms with Crippen LogP contribution in [0.2, 0.25) is 0 Å². The Morgan fingerprint density at radius 2 is 2.11 bits per heavy atom. The van der Waals surface area contributed by atoms with Gasteiger partial charge in [-0.3, -0.25) is 0 Å². The third-order valence-corrected chi connectivity index (χ3v) is 7.83. The van der Waals surface area contributed by atoms with Crippen LogP contribution < -0.4 is 0 Å². The van der Waals surface area contributed by atoms with Crippen molar-refractivity contribution in [2.75, 3.05) is 13.1 Å². The molecule has 0 N–H and O–H groups in total. The van der Waals surface area contributed by atoms with Gasteiger partial charge in [-0.1, -0.05) is 6.07 Å². The van der Waals surface area contributed by atoms with Gasteiger partial charge in [0.15, 0.2) is 0 Å². The minimum absolute atomic E-state index is 0.260. The zero-order valence-electron chi connectivity index (χ0n) is 16.4. The van der Waals surface area contributed by atoms with Crippen molar-refractivity contribution < 1.29 is 8.42 Å². The fourth-order valence-electron chi connectivity index (χ4n) is 4.15. The van der Waals surface area contributed by atoms with E-state index < -0.39 is 10.0 Å². The number of hydrogen-bond donors (Lipinski definition) is 0. The third kappa shape index (κ3) is 3.46. The van der Waals surface area contributed by atoms with Gasteiger partial charge in [0.1, 0.15) is 21.8 Å². The van der Waals surface area contributed by atoms with E-state index >= 15 is 0 Å². The molecule has 0 bridgehead atoms. The molecule has 1 atom stereocenters. The molecule has 0 radical (unpaired) electrons. The highest BCUT2D eigenvalue weighted by molar-refractivity contribution is 7.89. The predicted molar refractivity (Wildman–Crippen MR) is 110 cm³/mol. The molecular formula is C19H25N5O2S2. The third-order valence-electron chi connectivity index (χ3n) is 5.39. The molecule has 1 saturated heterocycles. The number of nitrogens with zero attached hydrogens (tertiary/aromatic N) is 5. The molecule has 0 spiro atoms. The summed E-state index contributed by atoms with van der Waals surface area (Å²) in [5, 5.41) is 0. The quantitative estimate of drug-likeness (QED) is 0.633. The molecule has 0 saturated carbocycles. The first-order valence-electron chi connectivity index (χ1n) is 9.62. The van der Waals surface area contributed by atoms with E-state index in [2.05, 4.69) is 39.1 Å². The van der Waals surface area contributed by atoms with E-state index in [-0.39, 0.29) is 10.8 Å². The lowest BCUT2D eigenvalue weighted by Gasteiger charge is -2.32. The second-order valence-electron chi connectivity index (χ2n) is 7.74. The summed E-state index contributed by atoms with van der Waals surface area (Å²) in [6.07, 6.45) is 4.57. The average molecular weight is 420 g/mol. The molecule has 0 amide bonds. The van der Waals surface area contributed by atoms with Crippen LogP contribution in [0.5, 0.6) is 0 Å². The van der Waals surface area contributed by atoms with Crippen LogP contribution in [0.1, 0.15) is 44.2 Å². The Kier molecular flexibility index (Phi) is 5.24. The van der Waals surface area contributed by atoms with E-state index in [1.54, 1.807) is 22.5 Å². The molecular weight excluding hydrogens is 394 g/mol. The molecule has 1 fully saturated rings. The summed E-state index contributed by atoms with van der Waals surface area (Å²) in [5.74, 6) is 1.30. The van der Waals surface area contributed by atoms with Crippen molar-refractivity contribution in [1.82, 2.24) is 22.6 Å². The van der Waals surface area contributed by atoms with Gasteiger partial charge < -0.3 is 4.57 Å². The summed E-state index contributed by atoms with van der Waals surface area (Å²) in [6, 6.07) is 5.51. The Morgan fingerprint density at radius 1 is 1.29 bits per heavy atom. The van der Waals surface area contributed by atoms with E-state index in [9.17, 15) is 8.42 Å². The van der Waals surface area contributed by atoms with Gasteiger partial charge in [0.2, 0.25) is 10.0 Å². The maximum Gasteiger partial charge on any atom is 0.245 e. The average Bonchev–Trinajstić information content (AvgIpc) is 3.28. The Labute approximate surface area is 169 Å². The molecule has 1 aliphatic rings. The molecule has 28 heavy (non-hydrogen) atoms. The molecule has 0 unspecified atom stereocenters. The van der Waals surface area contributed by atoms with Crippen LogP contribution in [-0.2, 0) is 16.4 Å². The molecule has 150 valence electrons. The fraction of sp³-hybridized carbons (Fsp3) is 0.526. The van der Waals surface area contributed by atoms with Crippen LogP contribution in [0, 0.1) is 12.8 Å². The Bertz CT molecular complexity index is 1090. The second-order valence-corrected chi connectivity index (χ2v) is 10.2. The number of piperidine rings is 1. The number of hydrogen-bond acceptors (Lipinski definition) is 6. The van der Waals surface area contributed by atoms with Gasteiger partial charge in [0.05, 0.1) is 11.7 Å².